The molecule has 1 aliphatic heterocycles. The van der Waals surface area contributed by atoms with Crippen LogP contribution in [-0.4, -0.2) is 80.6 Å². The average Bonchev–Trinajstić information content (AvgIpc) is 3.25. The highest BCUT2D eigenvalue weighted by Gasteiger charge is 2.29. The van der Waals surface area contributed by atoms with Crippen LogP contribution in [0.15, 0.2) is 36.5 Å². The monoisotopic (exact) mass is 443 g/mol. The standard InChI is InChI=1S/C23H33N5O4/c1-17-13-27(18(2)15-29)22(30)10-7-11-28-20(12-24-25-28)16-32-21(17)14-26(3)23(31)19-8-5-4-6-9-19/h4-6,8-9,12,17-18,21,29H,7,10-11,13-16H2,1-3H3/t17-,18+,21-/m0/s1. The minimum Gasteiger partial charge on any atom is -0.394 e. The maximum atomic E-state index is 12.9. The maximum absolute atomic E-state index is 12.9. The Hall–Kier alpha value is -2.78. The van der Waals surface area contributed by atoms with E-state index in [1.165, 1.54) is 0 Å². The normalized spacial score (nSPS) is 21.2. The molecule has 174 valence electrons. The topological polar surface area (TPSA) is 101 Å². The van der Waals surface area contributed by atoms with Crippen molar-refractivity contribution < 1.29 is 19.4 Å². The van der Waals surface area contributed by atoms with Crippen molar-refractivity contribution in [3.63, 3.8) is 0 Å². The largest absolute Gasteiger partial charge is 0.394 e. The van der Waals surface area contributed by atoms with E-state index in [0.29, 0.717) is 44.6 Å². The molecule has 0 unspecified atom stereocenters. The number of likely N-dealkylation sites (N-methyl/N-ethyl adjacent to an activating group) is 1. The Morgan fingerprint density at radius 1 is 1.34 bits per heavy atom. The molecule has 2 aromatic rings. The van der Waals surface area contributed by atoms with E-state index in [0.717, 1.165) is 5.69 Å². The van der Waals surface area contributed by atoms with Gasteiger partial charge >= 0.3 is 0 Å². The zero-order valence-electron chi connectivity index (χ0n) is 19.1. The van der Waals surface area contributed by atoms with Crippen molar-refractivity contribution in [3.8, 4) is 0 Å². The number of fused-ring (bicyclic) bond motifs is 1. The van der Waals surface area contributed by atoms with Gasteiger partial charge in [0.15, 0.2) is 0 Å². The fourth-order valence-electron chi connectivity index (χ4n) is 3.90. The van der Waals surface area contributed by atoms with Gasteiger partial charge in [-0.3, -0.25) is 9.59 Å². The number of nitrogens with zero attached hydrogens (tertiary/aromatic N) is 5. The SMILES string of the molecule is C[C@H](CO)N1C[C@H](C)[C@H](CN(C)C(=O)c2ccccc2)OCc2cnnn2CCCC1=O. The van der Waals surface area contributed by atoms with Crippen molar-refractivity contribution in [2.75, 3.05) is 26.7 Å². The summed E-state index contributed by atoms with van der Waals surface area (Å²) in [5, 5.41) is 17.8. The number of rotatable bonds is 5. The third-order valence-corrected chi connectivity index (χ3v) is 5.96. The molecule has 1 aromatic carbocycles. The number of ether oxygens (including phenoxy) is 1. The van der Waals surface area contributed by atoms with Crippen LogP contribution in [0.3, 0.4) is 0 Å². The molecule has 9 heteroatoms. The second-order valence-corrected chi connectivity index (χ2v) is 8.51. The van der Waals surface area contributed by atoms with Gasteiger partial charge in [0, 0.05) is 44.6 Å². The van der Waals surface area contributed by atoms with Crippen LogP contribution in [0.5, 0.6) is 0 Å². The summed E-state index contributed by atoms with van der Waals surface area (Å²) >= 11 is 0. The number of carbonyl (C=O) groups excluding carboxylic acids is 2. The number of amides is 2. The summed E-state index contributed by atoms with van der Waals surface area (Å²) in [4.78, 5) is 29.2. The van der Waals surface area contributed by atoms with Crippen LogP contribution in [0.25, 0.3) is 0 Å². The first-order valence-corrected chi connectivity index (χ1v) is 11.1. The lowest BCUT2D eigenvalue weighted by Gasteiger charge is -2.35. The molecule has 0 saturated carbocycles. The second-order valence-electron chi connectivity index (χ2n) is 8.51. The van der Waals surface area contributed by atoms with Crippen LogP contribution in [0.2, 0.25) is 0 Å². The Labute approximate surface area is 189 Å². The van der Waals surface area contributed by atoms with Crippen molar-refractivity contribution in [2.45, 2.75) is 52.0 Å². The minimum absolute atomic E-state index is 0.00638. The van der Waals surface area contributed by atoms with E-state index in [1.807, 2.05) is 32.0 Å². The Balaban J connectivity index is 1.81. The van der Waals surface area contributed by atoms with Crippen molar-refractivity contribution in [1.29, 1.82) is 0 Å². The van der Waals surface area contributed by atoms with Crippen LogP contribution < -0.4 is 0 Å². The number of hydrogen-bond acceptors (Lipinski definition) is 6. The highest BCUT2D eigenvalue weighted by Crippen LogP contribution is 2.19. The number of carbonyl (C=O) groups is 2. The number of aliphatic hydroxyl groups excluding tert-OH is 1. The van der Waals surface area contributed by atoms with E-state index in [2.05, 4.69) is 10.3 Å². The summed E-state index contributed by atoms with van der Waals surface area (Å²) in [6.45, 7) is 5.44. The van der Waals surface area contributed by atoms with E-state index < -0.39 is 0 Å². The molecule has 3 rings (SSSR count). The van der Waals surface area contributed by atoms with Gasteiger partial charge < -0.3 is 19.6 Å². The van der Waals surface area contributed by atoms with Gasteiger partial charge in [-0.15, -0.1) is 5.10 Å². The molecule has 0 bridgehead atoms. The number of benzene rings is 1. The molecule has 1 aliphatic rings. The summed E-state index contributed by atoms with van der Waals surface area (Å²) in [7, 11) is 1.76. The lowest BCUT2D eigenvalue weighted by Crippen LogP contribution is -2.47. The molecule has 0 aliphatic carbocycles. The zero-order valence-corrected chi connectivity index (χ0v) is 19.1. The summed E-state index contributed by atoms with van der Waals surface area (Å²) < 4.78 is 8.03. The van der Waals surface area contributed by atoms with Gasteiger partial charge in [0.05, 0.1) is 37.3 Å². The maximum Gasteiger partial charge on any atom is 0.253 e. The Morgan fingerprint density at radius 2 is 2.09 bits per heavy atom. The molecule has 1 N–H and O–H groups in total. The lowest BCUT2D eigenvalue weighted by molar-refractivity contribution is -0.136. The van der Waals surface area contributed by atoms with Crippen LogP contribution >= 0.6 is 0 Å². The average molecular weight is 444 g/mol. The van der Waals surface area contributed by atoms with E-state index in [9.17, 15) is 14.7 Å². The predicted molar refractivity (Wildman–Crippen MR) is 119 cm³/mol. The molecule has 0 radical (unpaired) electrons. The van der Waals surface area contributed by atoms with Crippen LogP contribution in [-0.2, 0) is 22.7 Å². The first-order chi connectivity index (χ1) is 15.4. The highest BCUT2D eigenvalue weighted by molar-refractivity contribution is 5.94. The summed E-state index contributed by atoms with van der Waals surface area (Å²) in [5.74, 6) is -0.160. The molecule has 9 nitrogen and oxygen atoms in total. The van der Waals surface area contributed by atoms with E-state index >= 15 is 0 Å². The molecule has 0 spiro atoms. The van der Waals surface area contributed by atoms with Crippen molar-refractivity contribution in [3.05, 3.63) is 47.8 Å². The molecule has 1 aromatic heterocycles. The fraction of sp³-hybridized carbons (Fsp3) is 0.565. The highest BCUT2D eigenvalue weighted by atomic mass is 16.5. The Morgan fingerprint density at radius 3 is 2.81 bits per heavy atom. The molecule has 0 fully saturated rings. The molecule has 2 amide bonds. The second kappa shape index (κ2) is 11.2. The fourth-order valence-corrected chi connectivity index (χ4v) is 3.90. The van der Waals surface area contributed by atoms with Crippen molar-refractivity contribution >= 4 is 11.8 Å². The van der Waals surface area contributed by atoms with Crippen LogP contribution in [0.4, 0.5) is 0 Å². The Kier molecular flexibility index (Phi) is 8.35. The summed E-state index contributed by atoms with van der Waals surface area (Å²) in [5.41, 5.74) is 1.46. The van der Waals surface area contributed by atoms with Crippen LogP contribution in [0.1, 0.15) is 42.7 Å². The van der Waals surface area contributed by atoms with Crippen molar-refractivity contribution in [1.82, 2.24) is 24.8 Å². The summed E-state index contributed by atoms with van der Waals surface area (Å²) in [6.07, 6.45) is 2.36. The molecule has 32 heavy (non-hydrogen) atoms. The smallest absolute Gasteiger partial charge is 0.253 e. The molecular weight excluding hydrogens is 410 g/mol. The quantitative estimate of drug-likeness (QED) is 0.753. The first-order valence-electron chi connectivity index (χ1n) is 11.1. The predicted octanol–water partition coefficient (Wildman–Crippen LogP) is 1.57. The van der Waals surface area contributed by atoms with Gasteiger partial charge in [0.2, 0.25) is 5.91 Å². The number of aryl methyl sites for hydroxylation is 1. The zero-order chi connectivity index (χ0) is 23.1. The molecule has 0 saturated heterocycles. The third-order valence-electron chi connectivity index (χ3n) is 5.96. The molecule has 3 atom stereocenters. The van der Waals surface area contributed by atoms with Crippen LogP contribution in [0, 0.1) is 5.92 Å². The lowest BCUT2D eigenvalue weighted by atomic mass is 10.0. The number of hydrogen-bond donors (Lipinski definition) is 1. The summed E-state index contributed by atoms with van der Waals surface area (Å²) in [6, 6.07) is 8.84. The third kappa shape index (κ3) is 5.92. The molecular formula is C23H33N5O4. The number of aromatic nitrogens is 3. The van der Waals surface area contributed by atoms with Gasteiger partial charge in [-0.25, -0.2) is 4.68 Å². The van der Waals surface area contributed by atoms with Crippen molar-refractivity contribution in [2.24, 2.45) is 5.92 Å². The van der Waals surface area contributed by atoms with Gasteiger partial charge in [-0.1, -0.05) is 30.3 Å². The Bertz CT molecular complexity index is 888. The number of aliphatic hydroxyl groups is 1. The first kappa shape index (κ1) is 23.9. The van der Waals surface area contributed by atoms with E-state index in [-0.39, 0.29) is 36.5 Å². The van der Waals surface area contributed by atoms with Gasteiger partial charge in [-0.2, -0.15) is 0 Å². The van der Waals surface area contributed by atoms with E-state index in [1.54, 1.807) is 39.9 Å². The molecule has 2 heterocycles. The van der Waals surface area contributed by atoms with Gasteiger partial charge in [-0.05, 0) is 25.5 Å². The van der Waals surface area contributed by atoms with E-state index in [4.69, 9.17) is 4.74 Å². The minimum atomic E-state index is -0.323. The van der Waals surface area contributed by atoms with Gasteiger partial charge in [0.25, 0.3) is 5.91 Å². The van der Waals surface area contributed by atoms with Gasteiger partial charge in [0.1, 0.15) is 0 Å².